The zero-order valence-electron chi connectivity index (χ0n) is 11.1. The molecule has 112 valence electrons. The molecule has 0 bridgehead atoms. The number of hydrogen-bond acceptors (Lipinski definition) is 6. The summed E-state index contributed by atoms with van der Waals surface area (Å²) in [6.07, 6.45) is 3.68. The molecule has 10 heteroatoms. The first kappa shape index (κ1) is 13.5. The number of carbonyl (C=O) groups excluding carboxylic acids is 1. The molecule has 0 atom stereocenters. The van der Waals surface area contributed by atoms with E-state index in [1.165, 1.54) is 12.6 Å². The van der Waals surface area contributed by atoms with Crippen LogP contribution in [0.15, 0.2) is 44.9 Å². The summed E-state index contributed by atoms with van der Waals surface area (Å²) in [6.45, 7) is -0.0788. The van der Waals surface area contributed by atoms with Crippen molar-refractivity contribution < 1.29 is 9.21 Å². The molecule has 10 nitrogen and oxygen atoms in total. The Labute approximate surface area is 121 Å². The van der Waals surface area contributed by atoms with Crippen LogP contribution in [0.2, 0.25) is 0 Å². The van der Waals surface area contributed by atoms with Crippen molar-refractivity contribution in [1.29, 1.82) is 0 Å². The van der Waals surface area contributed by atoms with Gasteiger partial charge in [-0.1, -0.05) is 0 Å². The molecule has 0 aliphatic carbocycles. The first-order chi connectivity index (χ1) is 10.6. The fourth-order valence-corrected chi connectivity index (χ4v) is 1.82. The lowest BCUT2D eigenvalue weighted by molar-refractivity contribution is 0.102. The highest BCUT2D eigenvalue weighted by atomic mass is 16.3. The van der Waals surface area contributed by atoms with Crippen molar-refractivity contribution in [1.82, 2.24) is 24.7 Å². The van der Waals surface area contributed by atoms with E-state index >= 15 is 0 Å². The molecule has 1 amide bonds. The van der Waals surface area contributed by atoms with Gasteiger partial charge in [0, 0.05) is 6.20 Å². The van der Waals surface area contributed by atoms with E-state index in [4.69, 9.17) is 4.42 Å². The lowest BCUT2D eigenvalue weighted by atomic mass is 10.3. The van der Waals surface area contributed by atoms with Crippen LogP contribution in [0.4, 0.5) is 5.95 Å². The Balaban J connectivity index is 1.94. The van der Waals surface area contributed by atoms with E-state index in [0.717, 1.165) is 10.8 Å². The molecule has 0 aromatic carbocycles. The lowest BCUT2D eigenvalue weighted by Crippen LogP contribution is -2.39. The quantitative estimate of drug-likeness (QED) is 0.596. The van der Waals surface area contributed by atoms with Crippen molar-refractivity contribution >= 4 is 11.9 Å². The minimum atomic E-state index is -0.739. The van der Waals surface area contributed by atoms with Crippen LogP contribution in [0.5, 0.6) is 0 Å². The van der Waals surface area contributed by atoms with E-state index in [9.17, 15) is 14.4 Å². The SMILES string of the molecule is O=C(Nc1ncn[nH]1)c1c[nH]c(=O)n(Cc2ccco2)c1=O. The second-order valence-corrected chi connectivity index (χ2v) is 4.27. The number of amides is 1. The summed E-state index contributed by atoms with van der Waals surface area (Å²) in [6, 6.07) is 3.25. The maximum atomic E-state index is 12.3. The van der Waals surface area contributed by atoms with Crippen LogP contribution in [-0.4, -0.2) is 30.6 Å². The Morgan fingerprint density at radius 3 is 2.95 bits per heavy atom. The number of furan rings is 1. The molecule has 3 heterocycles. The summed E-state index contributed by atoms with van der Waals surface area (Å²) in [5.41, 5.74) is -1.61. The number of rotatable bonds is 4. The molecule has 3 N–H and O–H groups in total. The standard InChI is InChI=1S/C12H10N6O4/c19-9(16-11-14-6-15-17-11)8-4-13-12(21)18(10(8)20)5-7-2-1-3-22-7/h1-4,6H,5H2,(H,13,21)(H2,14,15,16,17,19). The number of aromatic amines is 2. The molecule has 3 aromatic heterocycles. The van der Waals surface area contributed by atoms with Crippen molar-refractivity contribution in [3.8, 4) is 0 Å². The fraction of sp³-hybridized carbons (Fsp3) is 0.0833. The molecule has 3 rings (SSSR count). The molecule has 0 aliphatic rings. The minimum Gasteiger partial charge on any atom is -0.467 e. The van der Waals surface area contributed by atoms with Crippen LogP contribution >= 0.6 is 0 Å². The number of aromatic nitrogens is 5. The summed E-state index contributed by atoms with van der Waals surface area (Å²) >= 11 is 0. The zero-order valence-corrected chi connectivity index (χ0v) is 11.1. The Kier molecular flexibility index (Phi) is 3.40. The number of nitrogens with one attached hydrogen (secondary N) is 3. The summed E-state index contributed by atoms with van der Waals surface area (Å²) in [7, 11) is 0. The largest absolute Gasteiger partial charge is 0.467 e. The Morgan fingerprint density at radius 1 is 1.41 bits per heavy atom. The molecule has 0 aliphatic heterocycles. The first-order valence-electron chi connectivity index (χ1n) is 6.17. The molecule has 0 saturated heterocycles. The smallest absolute Gasteiger partial charge is 0.328 e. The zero-order chi connectivity index (χ0) is 15.5. The molecule has 0 unspecified atom stereocenters. The average Bonchev–Trinajstić information content (AvgIpc) is 3.16. The molecule has 0 radical (unpaired) electrons. The van der Waals surface area contributed by atoms with Gasteiger partial charge in [-0.15, -0.1) is 0 Å². The predicted octanol–water partition coefficient (Wildman–Crippen LogP) is -0.452. The number of H-pyrrole nitrogens is 2. The highest BCUT2D eigenvalue weighted by Crippen LogP contribution is 2.01. The number of hydrogen-bond donors (Lipinski definition) is 3. The van der Waals surface area contributed by atoms with Gasteiger partial charge in [0.05, 0.1) is 12.8 Å². The van der Waals surface area contributed by atoms with Gasteiger partial charge in [0.15, 0.2) is 0 Å². The van der Waals surface area contributed by atoms with Crippen molar-refractivity contribution in [2.45, 2.75) is 6.54 Å². The van der Waals surface area contributed by atoms with Gasteiger partial charge in [-0.3, -0.25) is 19.5 Å². The Bertz CT molecular complexity index is 891. The molecular formula is C12H10N6O4. The molecule has 3 aromatic rings. The van der Waals surface area contributed by atoms with Gasteiger partial charge in [0.25, 0.3) is 11.5 Å². The Morgan fingerprint density at radius 2 is 2.27 bits per heavy atom. The third-order valence-electron chi connectivity index (χ3n) is 2.85. The first-order valence-corrected chi connectivity index (χ1v) is 6.17. The molecule has 0 spiro atoms. The van der Waals surface area contributed by atoms with Crippen molar-refractivity contribution in [3.63, 3.8) is 0 Å². The molecule has 0 saturated carbocycles. The monoisotopic (exact) mass is 302 g/mol. The number of carbonyl (C=O) groups is 1. The average molecular weight is 302 g/mol. The highest BCUT2D eigenvalue weighted by Gasteiger charge is 2.16. The second-order valence-electron chi connectivity index (χ2n) is 4.27. The van der Waals surface area contributed by atoms with Crippen LogP contribution in [0.25, 0.3) is 0 Å². The van der Waals surface area contributed by atoms with Gasteiger partial charge in [-0.05, 0) is 12.1 Å². The highest BCUT2D eigenvalue weighted by molar-refractivity contribution is 6.02. The summed E-state index contributed by atoms with van der Waals surface area (Å²) in [5.74, 6) is -0.209. The van der Waals surface area contributed by atoms with Gasteiger partial charge in [0.2, 0.25) is 5.95 Å². The van der Waals surface area contributed by atoms with Crippen LogP contribution in [0.1, 0.15) is 16.1 Å². The van der Waals surface area contributed by atoms with E-state index in [2.05, 4.69) is 25.5 Å². The fourth-order valence-electron chi connectivity index (χ4n) is 1.82. The molecule has 0 fully saturated rings. The summed E-state index contributed by atoms with van der Waals surface area (Å²) < 4.78 is 5.97. The minimum absolute atomic E-state index is 0.0788. The van der Waals surface area contributed by atoms with Crippen LogP contribution < -0.4 is 16.6 Å². The van der Waals surface area contributed by atoms with Gasteiger partial charge in [0.1, 0.15) is 17.7 Å². The van der Waals surface area contributed by atoms with E-state index in [0.29, 0.717) is 5.76 Å². The van der Waals surface area contributed by atoms with Crippen LogP contribution in [-0.2, 0) is 6.54 Å². The maximum Gasteiger partial charge on any atom is 0.328 e. The maximum absolute atomic E-state index is 12.3. The van der Waals surface area contributed by atoms with Crippen molar-refractivity contribution in [3.05, 3.63) is 63.1 Å². The predicted molar refractivity (Wildman–Crippen MR) is 73.5 cm³/mol. The summed E-state index contributed by atoms with van der Waals surface area (Å²) in [5, 5.41) is 8.36. The van der Waals surface area contributed by atoms with Gasteiger partial charge in [-0.2, -0.15) is 10.1 Å². The van der Waals surface area contributed by atoms with Gasteiger partial charge in [-0.25, -0.2) is 9.89 Å². The van der Waals surface area contributed by atoms with E-state index < -0.39 is 17.2 Å². The van der Waals surface area contributed by atoms with Crippen LogP contribution in [0.3, 0.4) is 0 Å². The Hall–Kier alpha value is -3.43. The molecular weight excluding hydrogens is 292 g/mol. The van der Waals surface area contributed by atoms with Gasteiger partial charge >= 0.3 is 5.69 Å². The van der Waals surface area contributed by atoms with Gasteiger partial charge < -0.3 is 9.40 Å². The third-order valence-corrected chi connectivity index (χ3v) is 2.85. The number of nitrogens with zero attached hydrogens (tertiary/aromatic N) is 3. The topological polar surface area (TPSA) is 139 Å². The van der Waals surface area contributed by atoms with E-state index in [1.54, 1.807) is 12.1 Å². The normalized spacial score (nSPS) is 10.5. The third kappa shape index (κ3) is 2.57. The lowest BCUT2D eigenvalue weighted by Gasteiger charge is -2.05. The number of anilines is 1. The van der Waals surface area contributed by atoms with Crippen LogP contribution in [0, 0.1) is 0 Å². The van der Waals surface area contributed by atoms with Crippen molar-refractivity contribution in [2.24, 2.45) is 0 Å². The van der Waals surface area contributed by atoms with Crippen molar-refractivity contribution in [2.75, 3.05) is 5.32 Å². The second kappa shape index (κ2) is 5.52. The molecule has 22 heavy (non-hydrogen) atoms. The van der Waals surface area contributed by atoms with E-state index in [1.807, 2.05) is 0 Å². The van der Waals surface area contributed by atoms with E-state index in [-0.39, 0.29) is 18.1 Å². The summed E-state index contributed by atoms with van der Waals surface area (Å²) in [4.78, 5) is 42.1.